The van der Waals surface area contributed by atoms with Crippen LogP contribution in [0, 0.1) is 0 Å². The fourth-order valence-corrected chi connectivity index (χ4v) is 2.88. The first kappa shape index (κ1) is 20.3. The van der Waals surface area contributed by atoms with Gasteiger partial charge < -0.3 is 20.5 Å². The van der Waals surface area contributed by atoms with Crippen molar-refractivity contribution in [3.63, 3.8) is 0 Å². The van der Waals surface area contributed by atoms with Crippen molar-refractivity contribution < 1.29 is 4.52 Å². The molecule has 9 heteroatoms. The first-order valence-electron chi connectivity index (χ1n) is 8.54. The van der Waals surface area contributed by atoms with E-state index in [0.717, 1.165) is 29.9 Å². The summed E-state index contributed by atoms with van der Waals surface area (Å²) < 4.78 is 5.38. The quantitative estimate of drug-likeness (QED) is 0.359. The van der Waals surface area contributed by atoms with Crippen molar-refractivity contribution in [3.8, 4) is 0 Å². The highest BCUT2D eigenvalue weighted by atomic mass is 35.5. The minimum absolute atomic E-state index is 0.492. The van der Waals surface area contributed by atoms with Gasteiger partial charge in [0.2, 0.25) is 0 Å². The monoisotopic (exact) mass is 398 g/mol. The van der Waals surface area contributed by atoms with Crippen LogP contribution in [-0.4, -0.2) is 36.2 Å². The number of aryl methyl sites for hydroxylation is 2. The zero-order chi connectivity index (χ0) is 18.9. The van der Waals surface area contributed by atoms with Crippen LogP contribution in [0.1, 0.15) is 30.9 Å². The topological polar surface area (TPSA) is 87.4 Å². The van der Waals surface area contributed by atoms with Gasteiger partial charge >= 0.3 is 0 Å². The lowest BCUT2D eigenvalue weighted by Gasteiger charge is -2.13. The van der Waals surface area contributed by atoms with Gasteiger partial charge in [-0.1, -0.05) is 42.2 Å². The molecule has 0 unspecified atom stereocenters. The number of aliphatic imine (C=N–C) groups is 1. The third-order valence-corrected chi connectivity index (χ3v) is 4.28. The van der Waals surface area contributed by atoms with E-state index in [4.69, 9.17) is 27.7 Å². The van der Waals surface area contributed by atoms with Gasteiger partial charge in [-0.2, -0.15) is 0 Å². The fraction of sp³-hybridized carbons (Fsp3) is 0.471. The van der Waals surface area contributed by atoms with E-state index in [-0.39, 0.29) is 0 Å². The van der Waals surface area contributed by atoms with Gasteiger partial charge in [-0.3, -0.25) is 4.99 Å². The van der Waals surface area contributed by atoms with Crippen LogP contribution < -0.4 is 16.0 Å². The molecule has 0 aliphatic rings. The molecular formula is C17H24Cl2N6O. The Balaban J connectivity index is 1.80. The minimum atomic E-state index is 0.492. The number of hydrogen-bond donors (Lipinski definition) is 3. The number of nitrogens with one attached hydrogen (secondary N) is 3. The second kappa shape index (κ2) is 10.2. The van der Waals surface area contributed by atoms with E-state index in [1.807, 2.05) is 0 Å². The number of pyridine rings is 1. The van der Waals surface area contributed by atoms with Crippen molar-refractivity contribution in [2.24, 2.45) is 4.99 Å². The van der Waals surface area contributed by atoms with Crippen molar-refractivity contribution in [2.75, 3.05) is 25.5 Å². The maximum Gasteiger partial charge on any atom is 0.191 e. The molecular weight excluding hydrogens is 375 g/mol. The van der Waals surface area contributed by atoms with Crippen molar-refractivity contribution in [1.29, 1.82) is 0 Å². The van der Waals surface area contributed by atoms with E-state index in [0.29, 0.717) is 41.5 Å². The van der Waals surface area contributed by atoms with Crippen molar-refractivity contribution >= 4 is 35.0 Å². The Morgan fingerprint density at radius 2 is 2.00 bits per heavy atom. The van der Waals surface area contributed by atoms with Crippen LogP contribution in [0.4, 0.5) is 5.82 Å². The zero-order valence-corrected chi connectivity index (χ0v) is 16.7. The Morgan fingerprint density at radius 1 is 1.19 bits per heavy atom. The molecule has 0 atom stereocenters. The Hall–Kier alpha value is -1.99. The van der Waals surface area contributed by atoms with Crippen molar-refractivity contribution in [3.05, 3.63) is 39.3 Å². The third-order valence-electron chi connectivity index (χ3n) is 3.78. The third kappa shape index (κ3) is 5.51. The summed E-state index contributed by atoms with van der Waals surface area (Å²) in [5.41, 5.74) is 2.09. The van der Waals surface area contributed by atoms with Gasteiger partial charge in [0.05, 0.1) is 15.7 Å². The molecule has 0 spiro atoms. The predicted octanol–water partition coefficient (Wildman–Crippen LogP) is 3.28. The SMILES string of the molecule is CCc1noc(CC)c1CNC(=NC)NCCNc1ncc(Cl)cc1Cl. The minimum Gasteiger partial charge on any atom is -0.367 e. The molecule has 0 amide bonds. The molecule has 7 nitrogen and oxygen atoms in total. The first-order chi connectivity index (χ1) is 12.6. The molecule has 26 heavy (non-hydrogen) atoms. The fourth-order valence-electron chi connectivity index (χ4n) is 2.44. The highest BCUT2D eigenvalue weighted by Gasteiger charge is 2.13. The summed E-state index contributed by atoms with van der Waals surface area (Å²) in [7, 11) is 1.73. The Bertz CT molecular complexity index is 725. The summed E-state index contributed by atoms with van der Waals surface area (Å²) in [6, 6.07) is 1.65. The maximum absolute atomic E-state index is 6.08. The molecule has 0 saturated carbocycles. The molecule has 2 rings (SSSR count). The number of aromatic nitrogens is 2. The van der Waals surface area contributed by atoms with Gasteiger partial charge in [0.1, 0.15) is 11.6 Å². The van der Waals surface area contributed by atoms with Crippen LogP contribution in [-0.2, 0) is 19.4 Å². The molecule has 0 saturated heterocycles. The van der Waals surface area contributed by atoms with Gasteiger partial charge in [-0.15, -0.1) is 0 Å². The lowest BCUT2D eigenvalue weighted by Crippen LogP contribution is -2.39. The predicted molar refractivity (Wildman–Crippen MR) is 106 cm³/mol. The van der Waals surface area contributed by atoms with Gasteiger partial charge in [0.25, 0.3) is 0 Å². The smallest absolute Gasteiger partial charge is 0.191 e. The van der Waals surface area contributed by atoms with Gasteiger partial charge in [0, 0.05) is 44.9 Å². The zero-order valence-electron chi connectivity index (χ0n) is 15.2. The van der Waals surface area contributed by atoms with E-state index in [1.165, 1.54) is 0 Å². The summed E-state index contributed by atoms with van der Waals surface area (Å²) in [6.07, 6.45) is 3.21. The molecule has 0 bridgehead atoms. The molecule has 2 aromatic rings. The van der Waals surface area contributed by atoms with E-state index >= 15 is 0 Å². The molecule has 0 aromatic carbocycles. The van der Waals surface area contributed by atoms with Crippen LogP contribution >= 0.6 is 23.2 Å². The second-order valence-electron chi connectivity index (χ2n) is 5.50. The van der Waals surface area contributed by atoms with Gasteiger partial charge in [-0.25, -0.2) is 4.98 Å². The molecule has 0 radical (unpaired) electrons. The van der Waals surface area contributed by atoms with Crippen LogP contribution in [0.5, 0.6) is 0 Å². The highest BCUT2D eigenvalue weighted by Crippen LogP contribution is 2.22. The van der Waals surface area contributed by atoms with Crippen molar-refractivity contribution in [2.45, 2.75) is 33.2 Å². The summed E-state index contributed by atoms with van der Waals surface area (Å²) in [5.74, 6) is 2.22. The second-order valence-corrected chi connectivity index (χ2v) is 6.35. The molecule has 0 aliphatic carbocycles. The molecule has 2 heterocycles. The van der Waals surface area contributed by atoms with Gasteiger partial charge in [0.15, 0.2) is 5.96 Å². The van der Waals surface area contributed by atoms with E-state index < -0.39 is 0 Å². The highest BCUT2D eigenvalue weighted by molar-refractivity contribution is 6.35. The molecule has 0 fully saturated rings. The van der Waals surface area contributed by atoms with E-state index in [9.17, 15) is 0 Å². The first-order valence-corrected chi connectivity index (χ1v) is 9.30. The summed E-state index contributed by atoms with van der Waals surface area (Å²) in [6.45, 7) is 6.01. The standard InChI is InChI=1S/C17H24Cl2N6O/c1-4-14-12(15(5-2)26-25-14)10-24-17(20-3)22-7-6-21-16-13(19)8-11(18)9-23-16/h8-9H,4-7,10H2,1-3H3,(H,21,23)(H2,20,22,24). The lowest BCUT2D eigenvalue weighted by atomic mass is 10.1. The number of nitrogens with zero attached hydrogens (tertiary/aromatic N) is 3. The molecule has 0 aliphatic heterocycles. The largest absolute Gasteiger partial charge is 0.367 e. The Labute approximate surface area is 163 Å². The van der Waals surface area contributed by atoms with Crippen LogP contribution in [0.3, 0.4) is 0 Å². The Morgan fingerprint density at radius 3 is 2.65 bits per heavy atom. The number of anilines is 1. The maximum atomic E-state index is 6.08. The van der Waals surface area contributed by atoms with Crippen LogP contribution in [0.15, 0.2) is 21.8 Å². The normalized spacial score (nSPS) is 11.5. The summed E-state index contributed by atoms with van der Waals surface area (Å²) in [4.78, 5) is 8.39. The molecule has 142 valence electrons. The number of halogens is 2. The number of guanidine groups is 1. The van der Waals surface area contributed by atoms with E-state index in [2.05, 4.69) is 44.9 Å². The molecule has 2 aromatic heterocycles. The summed E-state index contributed by atoms with van der Waals surface area (Å²) >= 11 is 11.9. The Kier molecular flexibility index (Phi) is 8.00. The summed E-state index contributed by atoms with van der Waals surface area (Å²) in [5, 5.41) is 14.8. The van der Waals surface area contributed by atoms with Crippen LogP contribution in [0.25, 0.3) is 0 Å². The average molecular weight is 399 g/mol. The van der Waals surface area contributed by atoms with Gasteiger partial charge in [-0.05, 0) is 12.5 Å². The average Bonchev–Trinajstić information content (AvgIpc) is 3.04. The van der Waals surface area contributed by atoms with Crippen molar-refractivity contribution in [1.82, 2.24) is 20.8 Å². The van der Waals surface area contributed by atoms with Crippen LogP contribution in [0.2, 0.25) is 10.0 Å². The molecule has 3 N–H and O–H groups in total. The lowest BCUT2D eigenvalue weighted by molar-refractivity contribution is 0.380. The van der Waals surface area contributed by atoms with E-state index in [1.54, 1.807) is 19.3 Å². The number of rotatable bonds is 8. The number of hydrogen-bond acceptors (Lipinski definition) is 5.